The van der Waals surface area contributed by atoms with Gasteiger partial charge < -0.3 is 4.55 Å². The lowest BCUT2D eigenvalue weighted by molar-refractivity contribution is 0.474. The highest BCUT2D eigenvalue weighted by molar-refractivity contribution is 7.88. The lowest BCUT2D eigenvalue weighted by Gasteiger charge is -1.94. The van der Waals surface area contributed by atoms with Gasteiger partial charge in [-0.25, -0.2) is 8.42 Å². The van der Waals surface area contributed by atoms with Crippen LogP contribution in [0.5, 0.6) is 0 Å². The van der Waals surface area contributed by atoms with Gasteiger partial charge in [-0.05, 0) is 6.92 Å². The van der Waals surface area contributed by atoms with E-state index in [2.05, 4.69) is 0 Å². The molecule has 0 aliphatic heterocycles. The van der Waals surface area contributed by atoms with Crippen molar-refractivity contribution < 1.29 is 13.0 Å². The molecule has 0 fully saturated rings. The topological polar surface area (TPSA) is 57.2 Å². The van der Waals surface area contributed by atoms with E-state index in [9.17, 15) is 13.0 Å². The van der Waals surface area contributed by atoms with Gasteiger partial charge in [-0.15, -0.1) is 0 Å². The van der Waals surface area contributed by atoms with Crippen molar-refractivity contribution in [1.29, 1.82) is 0 Å². The summed E-state index contributed by atoms with van der Waals surface area (Å²) in [6, 6.07) is 0. The minimum absolute atomic E-state index is 0.604. The van der Waals surface area contributed by atoms with E-state index in [-0.39, 0.29) is 0 Å². The molecule has 7 heavy (non-hydrogen) atoms. The summed E-state index contributed by atoms with van der Waals surface area (Å²) in [6.07, 6.45) is 1.18. The van der Waals surface area contributed by atoms with Crippen LogP contribution in [0.4, 0.5) is 0 Å². The Balaban J connectivity index is 4.13. The SMILES string of the molecule is C/C=C/S(=O)(=O)[O-]. The van der Waals surface area contributed by atoms with Gasteiger partial charge in [-0.1, -0.05) is 6.08 Å². The summed E-state index contributed by atoms with van der Waals surface area (Å²) in [4.78, 5) is 0. The second-order valence-corrected chi connectivity index (χ2v) is 2.22. The Bertz CT molecular complexity index is 153. The van der Waals surface area contributed by atoms with Crippen LogP contribution in [0, 0.1) is 0 Å². The van der Waals surface area contributed by atoms with Gasteiger partial charge in [-0.3, -0.25) is 0 Å². The average Bonchev–Trinajstić information content (AvgIpc) is 1.30. The monoisotopic (exact) mass is 121 g/mol. The molecule has 0 spiro atoms. The van der Waals surface area contributed by atoms with Crippen LogP contribution in [0.15, 0.2) is 11.5 Å². The summed E-state index contributed by atoms with van der Waals surface area (Å²) in [6.45, 7) is 1.47. The minimum atomic E-state index is -4.10. The molecule has 0 bridgehead atoms. The number of rotatable bonds is 1. The first-order valence-electron chi connectivity index (χ1n) is 1.65. The van der Waals surface area contributed by atoms with Crippen LogP contribution in [-0.4, -0.2) is 13.0 Å². The molecular weight excluding hydrogens is 116 g/mol. The van der Waals surface area contributed by atoms with E-state index in [0.29, 0.717) is 5.41 Å². The first-order valence-corrected chi connectivity index (χ1v) is 3.12. The Kier molecular flexibility index (Phi) is 1.98. The molecule has 0 rings (SSSR count). The zero-order valence-electron chi connectivity index (χ0n) is 3.79. The van der Waals surface area contributed by atoms with Crippen molar-refractivity contribution in [3.8, 4) is 0 Å². The predicted molar refractivity (Wildman–Crippen MR) is 24.5 cm³/mol. The maximum Gasteiger partial charge on any atom is 0.117 e. The molecule has 3 nitrogen and oxygen atoms in total. The van der Waals surface area contributed by atoms with E-state index in [1.54, 1.807) is 0 Å². The van der Waals surface area contributed by atoms with Crippen molar-refractivity contribution in [1.82, 2.24) is 0 Å². The first-order chi connectivity index (χ1) is 3.06. The number of allylic oxidation sites excluding steroid dienone is 1. The molecule has 4 heteroatoms. The Hall–Kier alpha value is -0.350. The molecule has 0 saturated carbocycles. The third-order valence-electron chi connectivity index (χ3n) is 0.303. The molecule has 0 N–H and O–H groups in total. The maximum absolute atomic E-state index is 9.59. The van der Waals surface area contributed by atoms with Crippen LogP contribution in [0.1, 0.15) is 6.92 Å². The van der Waals surface area contributed by atoms with Gasteiger partial charge in [0, 0.05) is 5.41 Å². The molecule has 42 valence electrons. The van der Waals surface area contributed by atoms with E-state index in [0.717, 1.165) is 0 Å². The molecule has 0 heterocycles. The van der Waals surface area contributed by atoms with Crippen LogP contribution in [0.25, 0.3) is 0 Å². The fourth-order valence-electron chi connectivity index (χ4n) is 0.167. The predicted octanol–water partition coefficient (Wildman–Crippen LogP) is 0.0652. The molecular formula is C3H5O3S-. The summed E-state index contributed by atoms with van der Waals surface area (Å²) < 4.78 is 28.8. The van der Waals surface area contributed by atoms with Crippen molar-refractivity contribution in [3.63, 3.8) is 0 Å². The van der Waals surface area contributed by atoms with E-state index in [1.807, 2.05) is 0 Å². The lowest BCUT2D eigenvalue weighted by atomic mass is 10.8. The third kappa shape index (κ3) is 5.65. The molecule has 0 radical (unpaired) electrons. The summed E-state index contributed by atoms with van der Waals surface area (Å²) in [5.41, 5.74) is 0. The van der Waals surface area contributed by atoms with Gasteiger partial charge in [0.1, 0.15) is 10.1 Å². The molecule has 0 aromatic carbocycles. The van der Waals surface area contributed by atoms with Crippen LogP contribution < -0.4 is 0 Å². The molecule has 0 amide bonds. The summed E-state index contributed by atoms with van der Waals surface area (Å²) in [7, 11) is -4.10. The summed E-state index contributed by atoms with van der Waals surface area (Å²) in [5.74, 6) is 0. The largest absolute Gasteiger partial charge is 0.744 e. The van der Waals surface area contributed by atoms with Gasteiger partial charge in [0.05, 0.1) is 0 Å². The van der Waals surface area contributed by atoms with Gasteiger partial charge in [0.15, 0.2) is 0 Å². The van der Waals surface area contributed by atoms with Crippen LogP contribution in [0.2, 0.25) is 0 Å². The zero-order valence-corrected chi connectivity index (χ0v) is 4.60. The zero-order chi connectivity index (χ0) is 5.91. The van der Waals surface area contributed by atoms with Crippen LogP contribution >= 0.6 is 0 Å². The Morgan fingerprint density at radius 1 is 1.57 bits per heavy atom. The van der Waals surface area contributed by atoms with E-state index >= 15 is 0 Å². The first kappa shape index (κ1) is 6.65. The molecule has 0 atom stereocenters. The highest BCUT2D eigenvalue weighted by Crippen LogP contribution is 1.80. The fourth-order valence-corrected chi connectivity index (χ4v) is 0.500. The van der Waals surface area contributed by atoms with Gasteiger partial charge in [0.2, 0.25) is 0 Å². The molecule has 0 unspecified atom stereocenters. The van der Waals surface area contributed by atoms with Gasteiger partial charge in [0.25, 0.3) is 0 Å². The Morgan fingerprint density at radius 3 is 2.00 bits per heavy atom. The lowest BCUT2D eigenvalue weighted by Crippen LogP contribution is -1.88. The second kappa shape index (κ2) is 2.09. The quantitative estimate of drug-likeness (QED) is 0.461. The highest BCUT2D eigenvalue weighted by Gasteiger charge is 1.76. The van der Waals surface area contributed by atoms with Crippen LogP contribution in [0.3, 0.4) is 0 Å². The Morgan fingerprint density at radius 2 is 2.00 bits per heavy atom. The second-order valence-electron chi connectivity index (χ2n) is 0.962. The highest BCUT2D eigenvalue weighted by atomic mass is 32.2. The molecule has 0 aromatic rings. The molecule has 0 aromatic heterocycles. The van der Waals surface area contributed by atoms with E-state index in [1.165, 1.54) is 13.0 Å². The van der Waals surface area contributed by atoms with Crippen molar-refractivity contribution in [3.05, 3.63) is 11.5 Å². The Labute approximate surface area is 42.4 Å². The number of hydrogen-bond donors (Lipinski definition) is 0. The van der Waals surface area contributed by atoms with Crippen molar-refractivity contribution in [2.24, 2.45) is 0 Å². The standard InChI is InChI=1S/C3H6O3S/c1-2-3-7(4,5)6/h2-3H,1H3,(H,4,5,6)/p-1/b3-2+. The average molecular weight is 121 g/mol. The normalized spacial score (nSPS) is 12.9. The fraction of sp³-hybridized carbons (Fsp3) is 0.333. The molecule has 0 aliphatic carbocycles. The minimum Gasteiger partial charge on any atom is -0.744 e. The van der Waals surface area contributed by atoms with Crippen molar-refractivity contribution in [2.45, 2.75) is 6.92 Å². The molecule has 0 saturated heterocycles. The maximum atomic E-state index is 9.59. The summed E-state index contributed by atoms with van der Waals surface area (Å²) in [5, 5.41) is 0.604. The van der Waals surface area contributed by atoms with E-state index in [4.69, 9.17) is 0 Å². The molecule has 0 aliphatic rings. The third-order valence-corrected chi connectivity index (χ3v) is 0.908. The summed E-state index contributed by atoms with van der Waals surface area (Å²) >= 11 is 0. The number of hydrogen-bond acceptors (Lipinski definition) is 3. The van der Waals surface area contributed by atoms with Crippen LogP contribution in [-0.2, 0) is 10.1 Å². The van der Waals surface area contributed by atoms with Gasteiger partial charge >= 0.3 is 0 Å². The smallest absolute Gasteiger partial charge is 0.117 e. The van der Waals surface area contributed by atoms with Crippen molar-refractivity contribution >= 4 is 10.1 Å². The van der Waals surface area contributed by atoms with Gasteiger partial charge in [-0.2, -0.15) is 0 Å². The van der Waals surface area contributed by atoms with Crippen molar-refractivity contribution in [2.75, 3.05) is 0 Å². The van der Waals surface area contributed by atoms with E-state index < -0.39 is 10.1 Å².